The second-order valence-corrected chi connectivity index (χ2v) is 5.65. The molecule has 1 aliphatic carbocycles. The molecule has 0 spiro atoms. The van der Waals surface area contributed by atoms with Gasteiger partial charge in [-0.15, -0.1) is 0 Å². The monoisotopic (exact) mass is 256 g/mol. The van der Waals surface area contributed by atoms with E-state index in [1.165, 1.54) is 43.2 Å². The molecule has 1 aromatic rings. The van der Waals surface area contributed by atoms with Gasteiger partial charge in [0.2, 0.25) is 0 Å². The van der Waals surface area contributed by atoms with Gasteiger partial charge < -0.3 is 0 Å². The van der Waals surface area contributed by atoms with Gasteiger partial charge in [-0.2, -0.15) is 0 Å². The van der Waals surface area contributed by atoms with Crippen molar-refractivity contribution in [1.29, 1.82) is 0 Å². The number of allylic oxidation sites excluding steroid dienone is 2. The second-order valence-electron chi connectivity index (χ2n) is 5.65. The summed E-state index contributed by atoms with van der Waals surface area (Å²) in [6, 6.07) is 8.88. The molecule has 0 N–H and O–H groups in total. The Kier molecular flexibility index (Phi) is 4.95. The van der Waals surface area contributed by atoms with Crippen LogP contribution in [0.3, 0.4) is 0 Å². The van der Waals surface area contributed by atoms with Gasteiger partial charge in [0.25, 0.3) is 0 Å². The largest absolute Gasteiger partial charge is 0.300 e. The van der Waals surface area contributed by atoms with Crippen molar-refractivity contribution in [2.75, 3.05) is 0 Å². The molecule has 1 nitrogen and oxygen atoms in total. The van der Waals surface area contributed by atoms with Crippen molar-refractivity contribution < 1.29 is 4.79 Å². The van der Waals surface area contributed by atoms with Crippen LogP contribution in [0.25, 0.3) is 5.57 Å². The molecule has 0 aliphatic heterocycles. The topological polar surface area (TPSA) is 17.1 Å². The predicted octanol–water partition coefficient (Wildman–Crippen LogP) is 5.12. The van der Waals surface area contributed by atoms with E-state index in [-0.39, 0.29) is 5.78 Å². The number of hydrogen-bond acceptors (Lipinski definition) is 1. The molecule has 0 unspecified atom stereocenters. The summed E-state index contributed by atoms with van der Waals surface area (Å²) in [6.45, 7) is 3.66. The van der Waals surface area contributed by atoms with Crippen LogP contribution in [0.2, 0.25) is 0 Å². The minimum atomic E-state index is 0.226. The average molecular weight is 256 g/mol. The molecule has 0 bridgehead atoms. The van der Waals surface area contributed by atoms with Gasteiger partial charge in [0.05, 0.1) is 0 Å². The van der Waals surface area contributed by atoms with E-state index >= 15 is 0 Å². The zero-order valence-electron chi connectivity index (χ0n) is 12.1. The summed E-state index contributed by atoms with van der Waals surface area (Å²) in [4.78, 5) is 11.3. The van der Waals surface area contributed by atoms with Crippen LogP contribution >= 0.6 is 0 Å². The highest BCUT2D eigenvalue weighted by Gasteiger charge is 2.15. The first-order chi connectivity index (χ1) is 9.20. The Morgan fingerprint density at radius 3 is 2.32 bits per heavy atom. The molecule has 19 heavy (non-hydrogen) atoms. The van der Waals surface area contributed by atoms with Crippen LogP contribution in [0.5, 0.6) is 0 Å². The molecule has 1 aromatic carbocycles. The predicted molar refractivity (Wildman–Crippen MR) is 81.2 cm³/mol. The highest BCUT2D eigenvalue weighted by atomic mass is 16.1. The van der Waals surface area contributed by atoms with Gasteiger partial charge in [-0.3, -0.25) is 4.79 Å². The Morgan fingerprint density at radius 1 is 1.16 bits per heavy atom. The third-order valence-corrected chi connectivity index (χ3v) is 4.15. The Morgan fingerprint density at radius 2 is 1.79 bits per heavy atom. The Balaban J connectivity index is 2.10. The zero-order chi connectivity index (χ0) is 13.7. The molecule has 2 rings (SSSR count). The van der Waals surface area contributed by atoms with Crippen LogP contribution in [0.15, 0.2) is 30.3 Å². The fourth-order valence-electron chi connectivity index (χ4n) is 3.04. The number of benzene rings is 1. The minimum absolute atomic E-state index is 0.226. The molecule has 0 radical (unpaired) electrons. The summed E-state index contributed by atoms with van der Waals surface area (Å²) in [6.07, 6.45) is 9.41. The van der Waals surface area contributed by atoms with Crippen molar-refractivity contribution in [2.24, 2.45) is 0 Å². The molecule has 0 atom stereocenters. The molecule has 1 fully saturated rings. The smallest absolute Gasteiger partial charge is 0.134 e. The molecule has 1 aliphatic rings. The maximum atomic E-state index is 11.3. The summed E-state index contributed by atoms with van der Waals surface area (Å²) < 4.78 is 0. The normalized spacial score (nSPS) is 17.5. The first-order valence-corrected chi connectivity index (χ1v) is 7.45. The van der Waals surface area contributed by atoms with Gasteiger partial charge in [0, 0.05) is 6.42 Å². The molecule has 0 amide bonds. The number of carbonyl (C=O) groups excluding carboxylic acids is 1. The molecule has 1 heteroatoms. The summed E-state index contributed by atoms with van der Waals surface area (Å²) >= 11 is 0. The third-order valence-electron chi connectivity index (χ3n) is 4.15. The van der Waals surface area contributed by atoms with E-state index in [1.54, 1.807) is 6.92 Å². The number of rotatable bonds is 4. The quantitative estimate of drug-likeness (QED) is 0.731. The third kappa shape index (κ3) is 3.79. The van der Waals surface area contributed by atoms with Crippen molar-refractivity contribution in [3.8, 4) is 0 Å². The van der Waals surface area contributed by atoms with Crippen molar-refractivity contribution >= 4 is 11.4 Å². The summed E-state index contributed by atoms with van der Waals surface area (Å²) in [5.74, 6) is 0.981. The van der Waals surface area contributed by atoms with Gasteiger partial charge >= 0.3 is 0 Å². The van der Waals surface area contributed by atoms with E-state index in [9.17, 15) is 4.79 Å². The highest BCUT2D eigenvalue weighted by molar-refractivity contribution is 5.88. The van der Waals surface area contributed by atoms with Crippen molar-refractivity contribution in [3.05, 3.63) is 41.5 Å². The van der Waals surface area contributed by atoms with Crippen LogP contribution in [-0.2, 0) is 4.79 Å². The lowest BCUT2D eigenvalue weighted by atomic mass is 9.83. The van der Waals surface area contributed by atoms with Crippen LogP contribution < -0.4 is 0 Å². The number of hydrogen-bond donors (Lipinski definition) is 0. The van der Waals surface area contributed by atoms with Crippen molar-refractivity contribution in [3.63, 3.8) is 0 Å². The summed E-state index contributed by atoms with van der Waals surface area (Å²) in [5.41, 5.74) is 3.81. The van der Waals surface area contributed by atoms with Gasteiger partial charge in [0.15, 0.2) is 0 Å². The molecule has 0 aromatic heterocycles. The van der Waals surface area contributed by atoms with E-state index < -0.39 is 0 Å². The van der Waals surface area contributed by atoms with E-state index in [0.29, 0.717) is 6.42 Å². The van der Waals surface area contributed by atoms with Crippen LogP contribution in [0, 0.1) is 0 Å². The molecule has 102 valence electrons. The Bertz CT molecular complexity index is 447. The van der Waals surface area contributed by atoms with Gasteiger partial charge in [-0.05, 0) is 49.3 Å². The Hall–Kier alpha value is -1.37. The van der Waals surface area contributed by atoms with Crippen molar-refractivity contribution in [1.82, 2.24) is 0 Å². The van der Waals surface area contributed by atoms with Crippen LogP contribution in [0.4, 0.5) is 0 Å². The zero-order valence-corrected chi connectivity index (χ0v) is 12.1. The lowest BCUT2D eigenvalue weighted by molar-refractivity contribution is -0.116. The lowest BCUT2D eigenvalue weighted by Gasteiger charge is -2.22. The standard InChI is InChI=1S/C18H24O/c1-3-15(13-14(2)19)17-9-11-18(12-10-17)16-7-5-4-6-8-16/h3,9-12,16H,4-8,13H2,1-2H3. The fraction of sp³-hybridized carbons (Fsp3) is 0.500. The minimum Gasteiger partial charge on any atom is -0.300 e. The molecular formula is C18H24O. The molecule has 0 saturated heterocycles. The summed E-state index contributed by atoms with van der Waals surface area (Å²) in [5, 5.41) is 0. The van der Waals surface area contributed by atoms with E-state index in [0.717, 1.165) is 11.5 Å². The Labute approximate surface area is 116 Å². The highest BCUT2D eigenvalue weighted by Crippen LogP contribution is 2.33. The van der Waals surface area contributed by atoms with Crippen molar-refractivity contribution in [2.45, 2.75) is 58.3 Å². The molecular weight excluding hydrogens is 232 g/mol. The average Bonchev–Trinajstić information content (AvgIpc) is 2.46. The summed E-state index contributed by atoms with van der Waals surface area (Å²) in [7, 11) is 0. The lowest BCUT2D eigenvalue weighted by Crippen LogP contribution is -2.04. The van der Waals surface area contributed by atoms with Crippen LogP contribution in [0.1, 0.15) is 69.4 Å². The fourth-order valence-corrected chi connectivity index (χ4v) is 3.04. The van der Waals surface area contributed by atoms with Crippen LogP contribution in [-0.4, -0.2) is 5.78 Å². The second kappa shape index (κ2) is 6.70. The number of carbonyl (C=O) groups is 1. The molecule has 0 heterocycles. The number of Topliss-reactive ketones (excluding diaryl/α,β-unsaturated/α-hetero) is 1. The van der Waals surface area contributed by atoms with E-state index in [2.05, 4.69) is 30.3 Å². The van der Waals surface area contributed by atoms with Gasteiger partial charge in [-0.25, -0.2) is 0 Å². The number of ketones is 1. The van der Waals surface area contributed by atoms with E-state index in [4.69, 9.17) is 0 Å². The molecule has 1 saturated carbocycles. The van der Waals surface area contributed by atoms with Gasteiger partial charge in [0.1, 0.15) is 5.78 Å². The SMILES string of the molecule is CC=C(CC(C)=O)c1ccc(C2CCCCC2)cc1. The maximum Gasteiger partial charge on any atom is 0.134 e. The maximum absolute atomic E-state index is 11.3. The van der Waals surface area contributed by atoms with Gasteiger partial charge in [-0.1, -0.05) is 49.6 Å². The van der Waals surface area contributed by atoms with E-state index in [1.807, 2.05) is 6.92 Å². The first kappa shape index (κ1) is 14.0. The first-order valence-electron chi connectivity index (χ1n) is 7.45.